The van der Waals surface area contributed by atoms with E-state index in [1.807, 2.05) is 6.92 Å². The summed E-state index contributed by atoms with van der Waals surface area (Å²) >= 11 is 0. The maximum atomic E-state index is 12.2. The summed E-state index contributed by atoms with van der Waals surface area (Å²) < 4.78 is 36.5. The van der Waals surface area contributed by atoms with Gasteiger partial charge in [0.15, 0.2) is 18.7 Å². The van der Waals surface area contributed by atoms with E-state index in [1.54, 1.807) is 6.92 Å². The zero-order chi connectivity index (χ0) is 28.8. The lowest BCUT2D eigenvalue weighted by Gasteiger charge is -2.48. The predicted octanol–water partition coefficient (Wildman–Crippen LogP) is -0.720. The molecule has 0 aromatic heterocycles. The molecule has 0 bridgehead atoms. The van der Waals surface area contributed by atoms with Gasteiger partial charge in [0.05, 0.1) is 24.9 Å². The van der Waals surface area contributed by atoms with Crippen LogP contribution in [0.25, 0.3) is 0 Å². The number of rotatable bonds is 6. The van der Waals surface area contributed by atoms with Crippen molar-refractivity contribution in [2.24, 2.45) is 11.3 Å². The summed E-state index contributed by atoms with van der Waals surface area (Å²) in [5.74, 6) is -1.13. The molecule has 1 spiro atoms. The van der Waals surface area contributed by atoms with Gasteiger partial charge in [0.1, 0.15) is 42.7 Å². The normalized spacial score (nSPS) is 49.4. The van der Waals surface area contributed by atoms with Crippen molar-refractivity contribution < 1.29 is 63.9 Å². The lowest BCUT2D eigenvalue weighted by atomic mass is 9.85. The minimum absolute atomic E-state index is 0.0312. The zero-order valence-electron chi connectivity index (χ0n) is 23.0. The molecular formula is C27H44O13. The SMILES string of the molecule is CC1O[C@@H](OC2[C@H](C)CCC[C@H]2O[C@@H]2OC(CO)[C@H](O)C3O[C@@H](C(=O)O)C4(CCCOC32)CC4)[C@@H](O)C(O)[C@@H]1O. The molecule has 2 aliphatic carbocycles. The molecule has 3 aliphatic heterocycles. The number of aliphatic hydroxyl groups is 5. The van der Waals surface area contributed by atoms with E-state index in [0.717, 1.165) is 25.7 Å². The standard InChI is InChI=1S/C27H44O13/c1-12-5-3-6-14(20(12)40-25-19(32)18(31)16(29)13(2)36-25)37-26-22-21(17(30)15(11-28)38-26)39-23(24(33)34)27(8-9-27)7-4-10-35-22/h12-23,25-26,28-32H,3-11H2,1-2H3,(H,33,34)/t12-,13?,14-,15?,16-,17+,18?,19+,20?,21?,22?,23+,25+,26-/m1/s1. The smallest absolute Gasteiger partial charge is 0.333 e. The summed E-state index contributed by atoms with van der Waals surface area (Å²) in [5, 5.41) is 61.9. The molecule has 6 N–H and O–H groups in total. The Bertz CT molecular complexity index is 869. The van der Waals surface area contributed by atoms with Crippen molar-refractivity contribution in [3.8, 4) is 0 Å². The van der Waals surface area contributed by atoms with Crippen molar-refractivity contribution in [2.45, 2.75) is 139 Å². The number of ether oxygens (including phenoxy) is 6. The van der Waals surface area contributed by atoms with Crippen LogP contribution in [-0.4, -0.2) is 130 Å². The number of hydrogen-bond acceptors (Lipinski definition) is 12. The van der Waals surface area contributed by atoms with Crippen LogP contribution >= 0.6 is 0 Å². The molecule has 3 heterocycles. The second-order valence-corrected chi connectivity index (χ2v) is 12.2. The minimum Gasteiger partial charge on any atom is -0.479 e. The van der Waals surface area contributed by atoms with Gasteiger partial charge in [0, 0.05) is 12.0 Å². The third-order valence-corrected chi connectivity index (χ3v) is 9.38. The van der Waals surface area contributed by atoms with Gasteiger partial charge in [-0.05, 0) is 51.4 Å². The van der Waals surface area contributed by atoms with Crippen LogP contribution < -0.4 is 0 Å². The van der Waals surface area contributed by atoms with Crippen LogP contribution in [0.4, 0.5) is 0 Å². The van der Waals surface area contributed by atoms with Crippen LogP contribution in [0.2, 0.25) is 0 Å². The van der Waals surface area contributed by atoms with Gasteiger partial charge >= 0.3 is 5.97 Å². The van der Waals surface area contributed by atoms with Gasteiger partial charge in [-0.15, -0.1) is 0 Å². The highest BCUT2D eigenvalue weighted by Crippen LogP contribution is 2.55. The summed E-state index contributed by atoms with van der Waals surface area (Å²) in [5.41, 5.74) is -0.499. The Labute approximate surface area is 233 Å². The molecule has 2 saturated carbocycles. The number of hydrogen-bond donors (Lipinski definition) is 6. The summed E-state index contributed by atoms with van der Waals surface area (Å²) in [6.45, 7) is 3.30. The van der Waals surface area contributed by atoms with Gasteiger partial charge in [-0.1, -0.05) is 13.3 Å². The first-order valence-electron chi connectivity index (χ1n) is 14.5. The highest BCUT2D eigenvalue weighted by Gasteiger charge is 2.58. The summed E-state index contributed by atoms with van der Waals surface area (Å²) in [6, 6.07) is 0. The Morgan fingerprint density at radius 2 is 1.60 bits per heavy atom. The van der Waals surface area contributed by atoms with E-state index in [2.05, 4.69) is 0 Å². The number of carbonyl (C=O) groups is 1. The van der Waals surface area contributed by atoms with E-state index < -0.39 is 97.7 Å². The van der Waals surface area contributed by atoms with Crippen LogP contribution in [0.3, 0.4) is 0 Å². The molecule has 230 valence electrons. The largest absolute Gasteiger partial charge is 0.479 e. The Morgan fingerprint density at radius 3 is 2.27 bits per heavy atom. The van der Waals surface area contributed by atoms with E-state index in [0.29, 0.717) is 25.9 Å². The van der Waals surface area contributed by atoms with Crippen molar-refractivity contribution in [3.63, 3.8) is 0 Å². The third kappa shape index (κ3) is 5.93. The Balaban J connectivity index is 1.36. The maximum absolute atomic E-state index is 12.2. The quantitative estimate of drug-likeness (QED) is 0.232. The number of aliphatic carboxylic acids is 1. The number of aliphatic hydroxyl groups excluding tert-OH is 5. The molecule has 0 aromatic carbocycles. The van der Waals surface area contributed by atoms with Crippen molar-refractivity contribution in [3.05, 3.63) is 0 Å². The molecule has 0 amide bonds. The fourth-order valence-corrected chi connectivity index (χ4v) is 6.71. The van der Waals surface area contributed by atoms with Crippen LogP contribution in [0.1, 0.15) is 58.8 Å². The molecule has 5 aliphatic rings. The molecule has 14 atom stereocenters. The fourth-order valence-electron chi connectivity index (χ4n) is 6.71. The first kappa shape index (κ1) is 30.5. The van der Waals surface area contributed by atoms with E-state index in [9.17, 15) is 35.4 Å². The molecule has 13 nitrogen and oxygen atoms in total. The van der Waals surface area contributed by atoms with Gasteiger partial charge < -0.3 is 59.1 Å². The third-order valence-electron chi connectivity index (χ3n) is 9.38. The molecule has 5 rings (SSSR count). The molecule has 40 heavy (non-hydrogen) atoms. The highest BCUT2D eigenvalue weighted by molar-refractivity contribution is 5.74. The Kier molecular flexibility index (Phi) is 9.40. The van der Waals surface area contributed by atoms with Crippen LogP contribution in [0, 0.1) is 11.3 Å². The van der Waals surface area contributed by atoms with Gasteiger partial charge in [-0.2, -0.15) is 0 Å². The first-order valence-corrected chi connectivity index (χ1v) is 14.5. The fraction of sp³-hybridized carbons (Fsp3) is 0.963. The highest BCUT2D eigenvalue weighted by atomic mass is 16.7. The van der Waals surface area contributed by atoms with Gasteiger partial charge in [-0.25, -0.2) is 4.79 Å². The average molecular weight is 577 g/mol. The monoisotopic (exact) mass is 576 g/mol. The number of fused-ring (bicyclic) bond motifs is 1. The van der Waals surface area contributed by atoms with Crippen LogP contribution in [0.5, 0.6) is 0 Å². The van der Waals surface area contributed by atoms with E-state index in [-0.39, 0.29) is 5.92 Å². The lowest BCUT2D eigenvalue weighted by Crippen LogP contribution is -2.63. The topological polar surface area (TPSA) is 194 Å². The maximum Gasteiger partial charge on any atom is 0.333 e. The first-order chi connectivity index (χ1) is 19.1. The molecule has 0 aromatic rings. The molecular weight excluding hydrogens is 532 g/mol. The molecule has 5 fully saturated rings. The van der Waals surface area contributed by atoms with E-state index in [1.165, 1.54) is 0 Å². The second kappa shape index (κ2) is 12.3. The van der Waals surface area contributed by atoms with Crippen molar-refractivity contribution in [1.29, 1.82) is 0 Å². The number of carboxylic acids is 1. The molecule has 3 saturated heterocycles. The van der Waals surface area contributed by atoms with Crippen LogP contribution in [0.15, 0.2) is 0 Å². The Morgan fingerprint density at radius 1 is 0.850 bits per heavy atom. The lowest BCUT2D eigenvalue weighted by molar-refractivity contribution is -0.352. The summed E-state index contributed by atoms with van der Waals surface area (Å²) in [6.07, 6.45) is -9.25. The predicted molar refractivity (Wildman–Crippen MR) is 134 cm³/mol. The summed E-state index contributed by atoms with van der Waals surface area (Å²) in [4.78, 5) is 12.2. The van der Waals surface area contributed by atoms with Crippen LogP contribution in [-0.2, 0) is 33.2 Å². The second-order valence-electron chi connectivity index (χ2n) is 12.2. The van der Waals surface area contributed by atoms with Gasteiger partial charge in [0.2, 0.25) is 0 Å². The number of carboxylic acid groups (broad SMARTS) is 1. The minimum atomic E-state index is -1.47. The van der Waals surface area contributed by atoms with Gasteiger partial charge in [-0.3, -0.25) is 0 Å². The van der Waals surface area contributed by atoms with Gasteiger partial charge in [0.25, 0.3) is 0 Å². The van der Waals surface area contributed by atoms with Crippen molar-refractivity contribution in [1.82, 2.24) is 0 Å². The molecule has 13 heteroatoms. The van der Waals surface area contributed by atoms with Crippen molar-refractivity contribution in [2.75, 3.05) is 13.2 Å². The Hall–Kier alpha value is -0.970. The van der Waals surface area contributed by atoms with Crippen molar-refractivity contribution >= 4 is 5.97 Å². The molecule has 6 unspecified atom stereocenters. The average Bonchev–Trinajstić information content (AvgIpc) is 3.69. The van der Waals surface area contributed by atoms with E-state index >= 15 is 0 Å². The van der Waals surface area contributed by atoms with E-state index in [4.69, 9.17) is 28.4 Å². The molecule has 0 radical (unpaired) electrons. The zero-order valence-corrected chi connectivity index (χ0v) is 23.0. The summed E-state index contributed by atoms with van der Waals surface area (Å²) in [7, 11) is 0.